The Bertz CT molecular complexity index is 117. The number of nitrogens with one attached hydrogen (secondary N) is 1. The van der Waals surface area contributed by atoms with Gasteiger partial charge in [-0.3, -0.25) is 0 Å². The molecule has 66 valence electrons. The molecule has 4 heteroatoms. The Morgan fingerprint density at radius 1 is 1.64 bits per heavy atom. The fraction of sp³-hybridized carbons (Fsp3) is 0.857. The third-order valence-corrected chi connectivity index (χ3v) is 1.45. The molecule has 0 aromatic carbocycles. The molecular weight excluding hydrogens is 144 g/mol. The van der Waals surface area contributed by atoms with E-state index in [2.05, 4.69) is 10.1 Å². The van der Waals surface area contributed by atoms with Crippen molar-refractivity contribution in [2.24, 2.45) is 0 Å². The largest absolute Gasteiger partial charge is 0.453 e. The highest BCUT2D eigenvalue weighted by Crippen LogP contribution is 1.90. The van der Waals surface area contributed by atoms with E-state index in [9.17, 15) is 4.79 Å². The number of carbonyl (C=O) groups is 1. The van der Waals surface area contributed by atoms with E-state index in [-0.39, 0.29) is 6.09 Å². The predicted octanol–water partition coefficient (Wildman–Crippen LogP) is 0.294. The zero-order chi connectivity index (χ0) is 8.69. The zero-order valence-electron chi connectivity index (χ0n) is 7.39. The lowest BCUT2D eigenvalue weighted by Crippen LogP contribution is -2.35. The molecule has 0 unspecified atom stereocenters. The molecule has 0 aliphatic heterocycles. The SMILES string of the molecule is CCN(CCNC)C(=O)OC. The van der Waals surface area contributed by atoms with E-state index in [1.165, 1.54) is 7.11 Å². The Kier molecular flexibility index (Phi) is 5.56. The number of rotatable bonds is 4. The molecule has 0 aromatic rings. The summed E-state index contributed by atoms with van der Waals surface area (Å²) in [5.41, 5.74) is 0. The monoisotopic (exact) mass is 160 g/mol. The van der Waals surface area contributed by atoms with E-state index >= 15 is 0 Å². The molecule has 0 saturated heterocycles. The topological polar surface area (TPSA) is 41.6 Å². The van der Waals surface area contributed by atoms with E-state index in [1.54, 1.807) is 4.90 Å². The minimum Gasteiger partial charge on any atom is -0.453 e. The van der Waals surface area contributed by atoms with Gasteiger partial charge in [-0.1, -0.05) is 0 Å². The van der Waals surface area contributed by atoms with Crippen molar-refractivity contribution in [1.82, 2.24) is 10.2 Å². The number of hydrogen-bond acceptors (Lipinski definition) is 3. The van der Waals surface area contributed by atoms with Gasteiger partial charge < -0.3 is 15.0 Å². The van der Waals surface area contributed by atoms with Crippen molar-refractivity contribution in [2.75, 3.05) is 33.8 Å². The molecule has 0 aliphatic rings. The Balaban J connectivity index is 3.65. The summed E-state index contributed by atoms with van der Waals surface area (Å²) in [6, 6.07) is 0. The number of hydrogen-bond donors (Lipinski definition) is 1. The minimum atomic E-state index is -0.261. The van der Waals surface area contributed by atoms with Crippen molar-refractivity contribution in [3.8, 4) is 0 Å². The molecule has 0 saturated carbocycles. The molecule has 0 aromatic heterocycles. The van der Waals surface area contributed by atoms with Crippen LogP contribution < -0.4 is 5.32 Å². The summed E-state index contributed by atoms with van der Waals surface area (Å²) >= 11 is 0. The van der Waals surface area contributed by atoms with Gasteiger partial charge in [-0.15, -0.1) is 0 Å². The van der Waals surface area contributed by atoms with Gasteiger partial charge in [0.1, 0.15) is 0 Å². The summed E-state index contributed by atoms with van der Waals surface area (Å²) in [6.45, 7) is 4.10. The van der Waals surface area contributed by atoms with Crippen LogP contribution in [0, 0.1) is 0 Å². The summed E-state index contributed by atoms with van der Waals surface area (Å²) in [5, 5.41) is 2.96. The van der Waals surface area contributed by atoms with Crippen LogP contribution in [0.4, 0.5) is 4.79 Å². The molecule has 1 N–H and O–H groups in total. The first-order chi connectivity index (χ1) is 5.26. The number of amides is 1. The molecule has 0 bridgehead atoms. The maximum Gasteiger partial charge on any atom is 0.409 e. The smallest absolute Gasteiger partial charge is 0.409 e. The maximum atomic E-state index is 10.9. The first-order valence-electron chi connectivity index (χ1n) is 3.73. The number of likely N-dealkylation sites (N-methyl/N-ethyl adjacent to an activating group) is 2. The van der Waals surface area contributed by atoms with Gasteiger partial charge in [-0.25, -0.2) is 4.79 Å². The van der Waals surface area contributed by atoms with Gasteiger partial charge in [-0.2, -0.15) is 0 Å². The molecule has 0 atom stereocenters. The lowest BCUT2D eigenvalue weighted by Gasteiger charge is -2.18. The third-order valence-electron chi connectivity index (χ3n) is 1.45. The molecule has 0 heterocycles. The first kappa shape index (κ1) is 10.2. The molecule has 0 spiro atoms. The Morgan fingerprint density at radius 2 is 2.27 bits per heavy atom. The number of ether oxygens (including phenoxy) is 1. The van der Waals surface area contributed by atoms with Crippen molar-refractivity contribution in [3.05, 3.63) is 0 Å². The highest BCUT2D eigenvalue weighted by Gasteiger charge is 2.08. The summed E-state index contributed by atoms with van der Waals surface area (Å²) in [7, 11) is 3.25. The molecular formula is C7H16N2O2. The van der Waals surface area contributed by atoms with Crippen molar-refractivity contribution in [2.45, 2.75) is 6.92 Å². The second kappa shape index (κ2) is 5.97. The highest BCUT2D eigenvalue weighted by atomic mass is 16.5. The van der Waals surface area contributed by atoms with Crippen molar-refractivity contribution >= 4 is 6.09 Å². The van der Waals surface area contributed by atoms with Gasteiger partial charge in [0.25, 0.3) is 0 Å². The maximum absolute atomic E-state index is 10.9. The van der Waals surface area contributed by atoms with Gasteiger partial charge in [0.2, 0.25) is 0 Å². The summed E-state index contributed by atoms with van der Waals surface area (Å²) < 4.78 is 4.56. The lowest BCUT2D eigenvalue weighted by molar-refractivity contribution is 0.126. The number of methoxy groups -OCH3 is 1. The summed E-state index contributed by atoms with van der Waals surface area (Å²) in [4.78, 5) is 12.6. The molecule has 1 amide bonds. The van der Waals surface area contributed by atoms with E-state index in [0.717, 1.165) is 6.54 Å². The average Bonchev–Trinajstić information content (AvgIpc) is 2.05. The van der Waals surface area contributed by atoms with Crippen LogP contribution in [0.1, 0.15) is 6.92 Å². The fourth-order valence-electron chi connectivity index (χ4n) is 0.754. The van der Waals surface area contributed by atoms with E-state index < -0.39 is 0 Å². The van der Waals surface area contributed by atoms with Crippen LogP contribution in [0.5, 0.6) is 0 Å². The Labute approximate surface area is 67.5 Å². The highest BCUT2D eigenvalue weighted by molar-refractivity contribution is 5.67. The van der Waals surface area contributed by atoms with Crippen molar-refractivity contribution < 1.29 is 9.53 Å². The Morgan fingerprint density at radius 3 is 2.64 bits per heavy atom. The predicted molar refractivity (Wildman–Crippen MR) is 43.6 cm³/mol. The van der Waals surface area contributed by atoms with Crippen LogP contribution in [0.3, 0.4) is 0 Å². The van der Waals surface area contributed by atoms with Gasteiger partial charge in [-0.05, 0) is 14.0 Å². The quantitative estimate of drug-likeness (QED) is 0.643. The summed E-state index contributed by atoms with van der Waals surface area (Å²) in [5.74, 6) is 0. The van der Waals surface area contributed by atoms with Crippen LogP contribution in [-0.4, -0.2) is 44.8 Å². The van der Waals surface area contributed by atoms with E-state index in [0.29, 0.717) is 13.1 Å². The molecule has 0 radical (unpaired) electrons. The standard InChI is InChI=1S/C7H16N2O2/c1-4-9(6-5-8-2)7(10)11-3/h8H,4-6H2,1-3H3. The van der Waals surface area contributed by atoms with E-state index in [4.69, 9.17) is 0 Å². The van der Waals surface area contributed by atoms with Crippen LogP contribution in [-0.2, 0) is 4.74 Å². The van der Waals surface area contributed by atoms with Gasteiger partial charge in [0.15, 0.2) is 0 Å². The first-order valence-corrected chi connectivity index (χ1v) is 3.73. The van der Waals surface area contributed by atoms with Crippen molar-refractivity contribution in [3.63, 3.8) is 0 Å². The molecule has 0 aliphatic carbocycles. The lowest BCUT2D eigenvalue weighted by atomic mass is 10.5. The molecule has 11 heavy (non-hydrogen) atoms. The summed E-state index contributed by atoms with van der Waals surface area (Å²) in [6.07, 6.45) is -0.261. The number of nitrogens with zero attached hydrogens (tertiary/aromatic N) is 1. The van der Waals surface area contributed by atoms with Gasteiger partial charge in [0.05, 0.1) is 7.11 Å². The average molecular weight is 160 g/mol. The minimum absolute atomic E-state index is 0.261. The number of carbonyl (C=O) groups excluding carboxylic acids is 1. The van der Waals surface area contributed by atoms with Crippen LogP contribution >= 0.6 is 0 Å². The normalized spacial score (nSPS) is 9.36. The Hall–Kier alpha value is -0.770. The third kappa shape index (κ3) is 3.83. The van der Waals surface area contributed by atoms with E-state index in [1.807, 2.05) is 14.0 Å². The second-order valence-electron chi connectivity index (χ2n) is 2.15. The second-order valence-corrected chi connectivity index (χ2v) is 2.15. The zero-order valence-corrected chi connectivity index (χ0v) is 7.39. The van der Waals surface area contributed by atoms with Crippen LogP contribution in [0.2, 0.25) is 0 Å². The van der Waals surface area contributed by atoms with Gasteiger partial charge >= 0.3 is 6.09 Å². The molecule has 0 fully saturated rings. The van der Waals surface area contributed by atoms with Crippen molar-refractivity contribution in [1.29, 1.82) is 0 Å². The van der Waals surface area contributed by atoms with Gasteiger partial charge in [0, 0.05) is 19.6 Å². The van der Waals surface area contributed by atoms with Crippen LogP contribution in [0.25, 0.3) is 0 Å². The molecule has 0 rings (SSSR count). The molecule has 4 nitrogen and oxygen atoms in total. The van der Waals surface area contributed by atoms with Crippen LogP contribution in [0.15, 0.2) is 0 Å². The fourth-order valence-corrected chi connectivity index (χ4v) is 0.754.